The summed E-state index contributed by atoms with van der Waals surface area (Å²) in [4.78, 5) is 23.8. The second kappa shape index (κ2) is 6.57. The van der Waals surface area contributed by atoms with Crippen molar-refractivity contribution in [1.29, 1.82) is 0 Å². The molecular weight excluding hydrogens is 352 g/mol. The fraction of sp³-hybridized carbons (Fsp3) is 0.278. The first-order valence-electron chi connectivity index (χ1n) is 8.15. The van der Waals surface area contributed by atoms with E-state index in [4.69, 9.17) is 4.98 Å². The van der Waals surface area contributed by atoms with Crippen LogP contribution in [0.1, 0.15) is 19.5 Å². The number of pyridine rings is 1. The molecule has 1 aliphatic heterocycles. The summed E-state index contributed by atoms with van der Waals surface area (Å²) in [5.74, 6) is -0.0102. The Hall–Kier alpha value is -2.25. The first kappa shape index (κ1) is 16.2. The van der Waals surface area contributed by atoms with Crippen LogP contribution in [0.15, 0.2) is 41.4 Å². The van der Waals surface area contributed by atoms with Crippen LogP contribution in [0.2, 0.25) is 0 Å². The van der Waals surface area contributed by atoms with Crippen molar-refractivity contribution >= 4 is 39.3 Å². The fourth-order valence-electron chi connectivity index (χ4n) is 3.09. The summed E-state index contributed by atoms with van der Waals surface area (Å²) in [6.07, 6.45) is 3.99. The molecule has 25 heavy (non-hydrogen) atoms. The molecule has 1 aliphatic rings. The number of anilines is 2. The van der Waals surface area contributed by atoms with E-state index >= 15 is 0 Å². The van der Waals surface area contributed by atoms with E-state index in [9.17, 15) is 4.79 Å². The molecule has 0 radical (unpaired) electrons. The van der Waals surface area contributed by atoms with Crippen LogP contribution in [0.4, 0.5) is 10.7 Å². The van der Waals surface area contributed by atoms with E-state index in [0.29, 0.717) is 6.42 Å². The van der Waals surface area contributed by atoms with E-state index in [0.717, 1.165) is 27.0 Å². The van der Waals surface area contributed by atoms with Crippen molar-refractivity contribution in [2.24, 2.45) is 0 Å². The number of nitrogens with one attached hydrogen (secondary N) is 1. The largest absolute Gasteiger partial charge is 0.347 e. The minimum absolute atomic E-state index is 0.0102. The maximum absolute atomic E-state index is 12.8. The maximum Gasteiger partial charge on any atom is 0.247 e. The lowest BCUT2D eigenvalue weighted by molar-refractivity contribution is -0.117. The molecule has 1 atom stereocenters. The molecule has 4 rings (SSSR count). The van der Waals surface area contributed by atoms with E-state index in [-0.39, 0.29) is 18.0 Å². The summed E-state index contributed by atoms with van der Waals surface area (Å²) in [5.41, 5.74) is 2.90. The van der Waals surface area contributed by atoms with Gasteiger partial charge in [-0.3, -0.25) is 9.78 Å². The minimum atomic E-state index is -0.231. The summed E-state index contributed by atoms with van der Waals surface area (Å²) >= 11 is 3.34. The van der Waals surface area contributed by atoms with Gasteiger partial charge in [0, 0.05) is 29.6 Å². The molecule has 0 saturated heterocycles. The number of carbonyl (C=O) groups is 1. The predicted molar refractivity (Wildman–Crippen MR) is 103 cm³/mol. The van der Waals surface area contributed by atoms with Crippen LogP contribution in [0.3, 0.4) is 0 Å². The zero-order valence-electron chi connectivity index (χ0n) is 14.0. The number of nitrogens with zero attached hydrogens (tertiary/aromatic N) is 3. The highest BCUT2D eigenvalue weighted by Gasteiger charge is 2.39. The van der Waals surface area contributed by atoms with Crippen molar-refractivity contribution in [2.75, 3.05) is 10.2 Å². The first-order valence-corrected chi connectivity index (χ1v) is 9.91. The molecule has 0 bridgehead atoms. The summed E-state index contributed by atoms with van der Waals surface area (Å²) in [6, 6.07) is 5.75. The van der Waals surface area contributed by atoms with Crippen molar-refractivity contribution in [3.63, 3.8) is 0 Å². The maximum atomic E-state index is 12.8. The smallest absolute Gasteiger partial charge is 0.247 e. The van der Waals surface area contributed by atoms with Crippen LogP contribution in [-0.4, -0.2) is 28.0 Å². The molecule has 3 aromatic heterocycles. The summed E-state index contributed by atoms with van der Waals surface area (Å²) in [6.45, 7) is 4.23. The number of hydrogen-bond donors (Lipinski definition) is 1. The van der Waals surface area contributed by atoms with Gasteiger partial charge >= 0.3 is 0 Å². The van der Waals surface area contributed by atoms with Gasteiger partial charge in [-0.05, 0) is 37.4 Å². The minimum Gasteiger partial charge on any atom is -0.347 e. The Morgan fingerprint density at radius 2 is 2.28 bits per heavy atom. The summed E-state index contributed by atoms with van der Waals surface area (Å²) in [5, 5.41) is 9.29. The molecule has 0 aromatic carbocycles. The molecular formula is C18H18N4OS2. The van der Waals surface area contributed by atoms with Gasteiger partial charge in [0.2, 0.25) is 5.91 Å². The second-order valence-electron chi connectivity index (χ2n) is 6.23. The highest BCUT2D eigenvalue weighted by molar-refractivity contribution is 7.19. The zero-order chi connectivity index (χ0) is 17.4. The quantitative estimate of drug-likeness (QED) is 0.753. The van der Waals surface area contributed by atoms with Gasteiger partial charge < -0.3 is 10.2 Å². The zero-order valence-corrected chi connectivity index (χ0v) is 15.6. The van der Waals surface area contributed by atoms with Crippen LogP contribution in [0, 0.1) is 0 Å². The van der Waals surface area contributed by atoms with Gasteiger partial charge in [0.1, 0.15) is 16.1 Å². The van der Waals surface area contributed by atoms with Crippen molar-refractivity contribution < 1.29 is 4.79 Å². The predicted octanol–water partition coefficient (Wildman–Crippen LogP) is 4.04. The van der Waals surface area contributed by atoms with E-state index < -0.39 is 0 Å². The van der Waals surface area contributed by atoms with Gasteiger partial charge in [0.15, 0.2) is 0 Å². The average Bonchev–Trinajstić information content (AvgIpc) is 3.30. The number of thiazole rings is 1. The van der Waals surface area contributed by atoms with E-state index in [1.165, 1.54) is 0 Å². The molecule has 5 nitrogen and oxygen atoms in total. The molecule has 1 N–H and O–H groups in total. The van der Waals surface area contributed by atoms with Crippen LogP contribution in [0.5, 0.6) is 0 Å². The third-order valence-electron chi connectivity index (χ3n) is 4.19. The Labute approximate surface area is 154 Å². The first-order chi connectivity index (χ1) is 12.1. The molecule has 1 unspecified atom stereocenters. The fourth-order valence-corrected chi connectivity index (χ4v) is 5.08. The van der Waals surface area contributed by atoms with Gasteiger partial charge in [-0.25, -0.2) is 4.98 Å². The molecule has 0 aliphatic carbocycles. The van der Waals surface area contributed by atoms with Crippen molar-refractivity contribution in [3.05, 3.63) is 47.0 Å². The number of carbonyl (C=O) groups excluding carboxylic acids is 1. The van der Waals surface area contributed by atoms with Crippen LogP contribution in [0.25, 0.3) is 10.6 Å². The number of fused-ring (bicyclic) bond motifs is 1. The van der Waals surface area contributed by atoms with E-state index in [2.05, 4.69) is 45.9 Å². The van der Waals surface area contributed by atoms with Crippen LogP contribution < -0.4 is 10.2 Å². The Morgan fingerprint density at radius 3 is 2.96 bits per heavy atom. The molecule has 128 valence electrons. The number of hydrogen-bond acceptors (Lipinski definition) is 6. The number of rotatable bonds is 4. The van der Waals surface area contributed by atoms with Gasteiger partial charge in [-0.2, -0.15) is 11.3 Å². The normalized spacial score (nSPS) is 16.3. The summed E-state index contributed by atoms with van der Waals surface area (Å²) in [7, 11) is 0. The van der Waals surface area contributed by atoms with Crippen molar-refractivity contribution in [3.8, 4) is 10.6 Å². The molecule has 7 heteroatoms. The molecule has 3 aromatic rings. The summed E-state index contributed by atoms with van der Waals surface area (Å²) < 4.78 is 0. The van der Waals surface area contributed by atoms with Gasteiger partial charge in [0.05, 0.1) is 17.6 Å². The molecule has 0 spiro atoms. The highest BCUT2D eigenvalue weighted by atomic mass is 32.1. The third-order valence-corrected chi connectivity index (χ3v) is 6.03. The molecule has 0 saturated carbocycles. The third kappa shape index (κ3) is 3.05. The van der Waals surface area contributed by atoms with Gasteiger partial charge in [0.25, 0.3) is 0 Å². The number of thiophene rings is 1. The Balaban J connectivity index is 1.59. The lowest BCUT2D eigenvalue weighted by Gasteiger charge is -2.29. The molecule has 4 heterocycles. The Bertz CT molecular complexity index is 874. The lowest BCUT2D eigenvalue weighted by Crippen LogP contribution is -2.45. The molecule has 0 fully saturated rings. The van der Waals surface area contributed by atoms with Gasteiger partial charge in [-0.1, -0.05) is 11.3 Å². The van der Waals surface area contributed by atoms with Crippen LogP contribution in [-0.2, 0) is 11.2 Å². The van der Waals surface area contributed by atoms with Crippen LogP contribution >= 0.6 is 22.7 Å². The second-order valence-corrected chi connectivity index (χ2v) is 7.99. The topological polar surface area (TPSA) is 58.1 Å². The Morgan fingerprint density at radius 1 is 1.40 bits per heavy atom. The van der Waals surface area contributed by atoms with Crippen molar-refractivity contribution in [2.45, 2.75) is 32.4 Å². The molecule has 1 amide bonds. The van der Waals surface area contributed by atoms with E-state index in [1.54, 1.807) is 35.1 Å². The Kier molecular flexibility index (Phi) is 4.27. The van der Waals surface area contributed by atoms with Gasteiger partial charge in [-0.15, -0.1) is 0 Å². The SMILES string of the molecule is CC(C)N1c2sc(-c3ccsc3)nc2CC1C(=O)Nc1cccnc1. The lowest BCUT2D eigenvalue weighted by atomic mass is 10.1. The monoisotopic (exact) mass is 370 g/mol. The average molecular weight is 371 g/mol. The number of amides is 1. The number of aromatic nitrogens is 2. The van der Waals surface area contributed by atoms with Crippen molar-refractivity contribution in [1.82, 2.24) is 9.97 Å². The van der Waals surface area contributed by atoms with E-state index in [1.807, 2.05) is 12.1 Å². The standard InChI is InChI=1S/C18H18N4OS2/c1-11(2)22-15(16(23)20-13-4-3-6-19-9-13)8-14-18(22)25-17(21-14)12-5-7-24-10-12/h3-7,9-11,15H,8H2,1-2H3,(H,20,23). The highest BCUT2D eigenvalue weighted by Crippen LogP contribution is 2.42.